The van der Waals surface area contributed by atoms with Gasteiger partial charge in [0.25, 0.3) is 6.47 Å². The van der Waals surface area contributed by atoms with Gasteiger partial charge in [0.1, 0.15) is 12.7 Å². The standard InChI is InChI=1S/C11H11IO4/c12-5-10-11(16-10)6-14-8-3-1-2-4-9(8)15-7-13/h1-4,7,10-11H,5-6H2. The summed E-state index contributed by atoms with van der Waals surface area (Å²) >= 11 is 2.28. The number of ether oxygens (including phenoxy) is 3. The Morgan fingerprint density at radius 1 is 1.31 bits per heavy atom. The quantitative estimate of drug-likeness (QED) is 0.345. The Morgan fingerprint density at radius 3 is 2.69 bits per heavy atom. The topological polar surface area (TPSA) is 48.1 Å². The predicted molar refractivity (Wildman–Crippen MR) is 66.2 cm³/mol. The first-order chi connectivity index (χ1) is 7.85. The van der Waals surface area contributed by atoms with Crippen molar-refractivity contribution in [1.29, 1.82) is 0 Å². The van der Waals surface area contributed by atoms with Crippen molar-refractivity contribution in [3.8, 4) is 11.5 Å². The van der Waals surface area contributed by atoms with E-state index < -0.39 is 0 Å². The zero-order valence-corrected chi connectivity index (χ0v) is 10.6. The van der Waals surface area contributed by atoms with Crippen LogP contribution in [0.25, 0.3) is 0 Å². The van der Waals surface area contributed by atoms with Gasteiger partial charge in [-0.3, -0.25) is 4.79 Å². The van der Waals surface area contributed by atoms with Gasteiger partial charge in [-0.15, -0.1) is 0 Å². The van der Waals surface area contributed by atoms with E-state index in [2.05, 4.69) is 22.6 Å². The van der Waals surface area contributed by atoms with Crippen LogP contribution in [0.5, 0.6) is 11.5 Å². The summed E-state index contributed by atoms with van der Waals surface area (Å²) in [5, 5.41) is 0. The third kappa shape index (κ3) is 2.85. The summed E-state index contributed by atoms with van der Waals surface area (Å²) in [4.78, 5) is 10.3. The molecule has 2 rings (SSSR count). The first-order valence-electron chi connectivity index (χ1n) is 4.88. The summed E-state index contributed by atoms with van der Waals surface area (Å²) in [5.74, 6) is 1.00. The lowest BCUT2D eigenvalue weighted by Gasteiger charge is -2.07. The van der Waals surface area contributed by atoms with Gasteiger partial charge >= 0.3 is 0 Å². The highest BCUT2D eigenvalue weighted by Crippen LogP contribution is 2.29. The molecule has 0 amide bonds. The highest BCUT2D eigenvalue weighted by Gasteiger charge is 2.38. The van der Waals surface area contributed by atoms with Gasteiger partial charge in [0.2, 0.25) is 0 Å². The zero-order valence-electron chi connectivity index (χ0n) is 8.47. The maximum Gasteiger partial charge on any atom is 0.298 e. The maximum atomic E-state index is 10.3. The molecule has 0 bridgehead atoms. The molecule has 0 aromatic heterocycles. The Kier molecular flexibility index (Phi) is 4.00. The van der Waals surface area contributed by atoms with Gasteiger partial charge in [-0.25, -0.2) is 0 Å². The van der Waals surface area contributed by atoms with E-state index in [9.17, 15) is 4.79 Å². The third-order valence-corrected chi connectivity index (χ3v) is 3.14. The van der Waals surface area contributed by atoms with Crippen molar-refractivity contribution in [3.05, 3.63) is 24.3 Å². The second-order valence-corrected chi connectivity index (χ2v) is 4.22. The van der Waals surface area contributed by atoms with Gasteiger partial charge in [0, 0.05) is 4.43 Å². The first-order valence-corrected chi connectivity index (χ1v) is 6.41. The van der Waals surface area contributed by atoms with E-state index in [0.717, 1.165) is 4.43 Å². The lowest BCUT2D eigenvalue weighted by atomic mass is 10.3. The fourth-order valence-corrected chi connectivity index (χ4v) is 2.13. The van der Waals surface area contributed by atoms with Crippen molar-refractivity contribution in [2.45, 2.75) is 12.2 Å². The number of epoxide rings is 1. The largest absolute Gasteiger partial charge is 0.487 e. The number of carbonyl (C=O) groups excluding carboxylic acids is 1. The molecular formula is C11H11IO4. The number of benzene rings is 1. The average molecular weight is 334 g/mol. The summed E-state index contributed by atoms with van der Waals surface area (Å²) in [5.41, 5.74) is 0. The molecule has 0 N–H and O–H groups in total. The molecular weight excluding hydrogens is 323 g/mol. The molecule has 1 aliphatic rings. The van der Waals surface area contributed by atoms with Crippen LogP contribution in [0.3, 0.4) is 0 Å². The van der Waals surface area contributed by atoms with Gasteiger partial charge in [-0.1, -0.05) is 34.7 Å². The van der Waals surface area contributed by atoms with E-state index in [1.54, 1.807) is 18.2 Å². The van der Waals surface area contributed by atoms with E-state index in [1.807, 2.05) is 6.07 Å². The van der Waals surface area contributed by atoms with E-state index in [0.29, 0.717) is 30.7 Å². The smallest absolute Gasteiger partial charge is 0.298 e. The van der Waals surface area contributed by atoms with Crippen molar-refractivity contribution in [1.82, 2.24) is 0 Å². The summed E-state index contributed by atoms with van der Waals surface area (Å²) in [6, 6.07) is 7.07. The summed E-state index contributed by atoms with van der Waals surface area (Å²) in [6.07, 6.45) is 0.473. The summed E-state index contributed by atoms with van der Waals surface area (Å²) in [6.45, 7) is 0.885. The molecule has 2 atom stereocenters. The Balaban J connectivity index is 1.90. The van der Waals surface area contributed by atoms with E-state index in [1.165, 1.54) is 0 Å². The minimum absolute atomic E-state index is 0.168. The molecule has 16 heavy (non-hydrogen) atoms. The number of rotatable bonds is 6. The molecule has 0 aliphatic carbocycles. The molecule has 0 saturated carbocycles. The van der Waals surface area contributed by atoms with Crippen molar-refractivity contribution in [3.63, 3.8) is 0 Å². The molecule has 86 valence electrons. The fraction of sp³-hybridized carbons (Fsp3) is 0.364. The van der Waals surface area contributed by atoms with Crippen LogP contribution in [0.2, 0.25) is 0 Å². The lowest BCUT2D eigenvalue weighted by molar-refractivity contribution is -0.120. The molecule has 5 heteroatoms. The Labute approximate surface area is 107 Å². The molecule has 0 spiro atoms. The number of alkyl halides is 1. The first kappa shape index (κ1) is 11.7. The molecule has 1 heterocycles. The van der Waals surface area contributed by atoms with Gasteiger partial charge < -0.3 is 14.2 Å². The SMILES string of the molecule is O=COc1ccccc1OCC1OC1CI. The maximum absolute atomic E-state index is 10.3. The van der Waals surface area contributed by atoms with Crippen molar-refractivity contribution in [2.24, 2.45) is 0 Å². The molecule has 1 aromatic carbocycles. The van der Waals surface area contributed by atoms with E-state index >= 15 is 0 Å². The minimum atomic E-state index is 0.168. The molecule has 1 aliphatic heterocycles. The van der Waals surface area contributed by atoms with Gasteiger partial charge in [-0.2, -0.15) is 0 Å². The predicted octanol–water partition coefficient (Wildman–Crippen LogP) is 1.80. The average Bonchev–Trinajstić information content (AvgIpc) is 3.07. The Bertz CT molecular complexity index is 369. The normalized spacial score (nSPS) is 22.6. The molecule has 0 radical (unpaired) electrons. The van der Waals surface area contributed by atoms with Crippen molar-refractivity contribution in [2.75, 3.05) is 11.0 Å². The Hall–Kier alpha value is -0.820. The second-order valence-electron chi connectivity index (χ2n) is 3.34. The summed E-state index contributed by atoms with van der Waals surface area (Å²) < 4.78 is 16.6. The molecule has 1 fully saturated rings. The van der Waals surface area contributed by atoms with Crippen LogP contribution >= 0.6 is 22.6 Å². The van der Waals surface area contributed by atoms with Crippen molar-refractivity contribution >= 4 is 29.1 Å². The number of hydrogen-bond acceptors (Lipinski definition) is 4. The molecule has 1 aromatic rings. The number of para-hydroxylation sites is 2. The van der Waals surface area contributed by atoms with Crippen LogP contribution in [0, 0.1) is 0 Å². The highest BCUT2D eigenvalue weighted by molar-refractivity contribution is 14.1. The number of hydrogen-bond donors (Lipinski definition) is 0. The van der Waals surface area contributed by atoms with Crippen LogP contribution < -0.4 is 9.47 Å². The highest BCUT2D eigenvalue weighted by atomic mass is 127. The van der Waals surface area contributed by atoms with Crippen molar-refractivity contribution < 1.29 is 19.0 Å². The number of halogens is 1. The fourth-order valence-electron chi connectivity index (χ4n) is 1.35. The number of carbonyl (C=O) groups is 1. The Morgan fingerprint density at radius 2 is 2.06 bits per heavy atom. The van der Waals surface area contributed by atoms with Crippen LogP contribution in [0.4, 0.5) is 0 Å². The van der Waals surface area contributed by atoms with Crippen LogP contribution in [-0.4, -0.2) is 29.7 Å². The van der Waals surface area contributed by atoms with Gasteiger partial charge in [0.05, 0.1) is 6.10 Å². The van der Waals surface area contributed by atoms with Gasteiger partial charge in [-0.05, 0) is 12.1 Å². The van der Waals surface area contributed by atoms with Gasteiger partial charge in [0.15, 0.2) is 11.5 Å². The third-order valence-electron chi connectivity index (χ3n) is 2.27. The monoisotopic (exact) mass is 334 g/mol. The zero-order chi connectivity index (χ0) is 11.4. The lowest BCUT2D eigenvalue weighted by Crippen LogP contribution is -2.08. The molecule has 1 saturated heterocycles. The van der Waals surface area contributed by atoms with Crippen LogP contribution in [-0.2, 0) is 9.53 Å². The molecule has 4 nitrogen and oxygen atoms in total. The minimum Gasteiger partial charge on any atom is -0.487 e. The van der Waals surface area contributed by atoms with Crippen LogP contribution in [0.1, 0.15) is 0 Å². The molecule has 2 unspecified atom stereocenters. The van der Waals surface area contributed by atoms with Crippen LogP contribution in [0.15, 0.2) is 24.3 Å². The van der Waals surface area contributed by atoms with E-state index in [4.69, 9.17) is 14.2 Å². The van der Waals surface area contributed by atoms with E-state index in [-0.39, 0.29) is 6.10 Å². The summed E-state index contributed by atoms with van der Waals surface area (Å²) in [7, 11) is 0. The second kappa shape index (κ2) is 5.49.